The second-order valence-electron chi connectivity index (χ2n) is 3.73. The fourth-order valence-electron chi connectivity index (χ4n) is 1.18. The minimum atomic E-state index is 0.0788. The number of nitrogens with zero attached hydrogens (tertiary/aromatic N) is 2. The lowest BCUT2D eigenvalue weighted by atomic mass is 10.3. The quantitative estimate of drug-likeness (QED) is 0.613. The van der Waals surface area contributed by atoms with E-state index < -0.39 is 0 Å². The number of rotatable bonds is 3. The maximum Gasteiger partial charge on any atom is 0.156 e. The molecule has 2 rings (SSSR count). The Bertz CT molecular complexity index is 376. The minimum absolute atomic E-state index is 0.0788. The molecule has 0 spiro atoms. The van der Waals surface area contributed by atoms with Gasteiger partial charge in [-0.25, -0.2) is 9.97 Å². The van der Waals surface area contributed by atoms with Crippen LogP contribution in [0.4, 0.5) is 5.82 Å². The van der Waals surface area contributed by atoms with E-state index in [1.54, 1.807) is 0 Å². The highest BCUT2D eigenvalue weighted by molar-refractivity contribution is 6.32. The summed E-state index contributed by atoms with van der Waals surface area (Å²) in [6.07, 6.45) is 4.21. The molecule has 0 radical (unpaired) electrons. The van der Waals surface area contributed by atoms with Gasteiger partial charge in [-0.2, -0.15) is 0 Å². The highest BCUT2D eigenvalue weighted by Gasteiger charge is 2.38. The molecule has 0 atom stereocenters. The maximum absolute atomic E-state index is 10.7. The van der Waals surface area contributed by atoms with E-state index in [0.29, 0.717) is 17.7 Å². The Labute approximate surface area is 86.7 Å². The first-order valence-electron chi connectivity index (χ1n) is 4.38. The molecule has 0 bridgehead atoms. The van der Waals surface area contributed by atoms with E-state index in [2.05, 4.69) is 22.2 Å². The van der Waals surface area contributed by atoms with Crippen LogP contribution in [0, 0.1) is 0 Å². The third-order valence-corrected chi connectivity index (χ3v) is 2.67. The van der Waals surface area contributed by atoms with Crippen molar-refractivity contribution >= 4 is 23.7 Å². The number of anilines is 1. The van der Waals surface area contributed by atoms with Crippen molar-refractivity contribution in [3.8, 4) is 0 Å². The molecule has 1 fully saturated rings. The largest absolute Gasteiger partial charge is 0.364 e. The first-order chi connectivity index (χ1) is 6.64. The predicted molar refractivity (Wildman–Crippen MR) is 53.7 cm³/mol. The van der Waals surface area contributed by atoms with Crippen molar-refractivity contribution in [2.24, 2.45) is 0 Å². The lowest BCUT2D eigenvalue weighted by Crippen LogP contribution is -2.18. The van der Waals surface area contributed by atoms with Gasteiger partial charge in [-0.15, -0.1) is 0 Å². The summed E-state index contributed by atoms with van der Waals surface area (Å²) in [4.78, 5) is 18.5. The van der Waals surface area contributed by atoms with Crippen molar-refractivity contribution in [3.05, 3.63) is 17.0 Å². The lowest BCUT2D eigenvalue weighted by molar-refractivity contribution is 0.112. The third-order valence-electron chi connectivity index (χ3n) is 2.37. The zero-order chi connectivity index (χ0) is 10.2. The summed E-state index contributed by atoms with van der Waals surface area (Å²) in [6, 6.07) is 0. The van der Waals surface area contributed by atoms with Gasteiger partial charge in [-0.1, -0.05) is 11.6 Å². The SMILES string of the molecule is CC1(Nc2ncnc(Cl)c2C=O)CC1. The van der Waals surface area contributed by atoms with Crippen LogP contribution in [-0.2, 0) is 0 Å². The molecule has 0 aromatic carbocycles. The van der Waals surface area contributed by atoms with Crippen LogP contribution in [-0.4, -0.2) is 21.8 Å². The summed E-state index contributed by atoms with van der Waals surface area (Å²) in [5, 5.41) is 3.38. The molecular formula is C9H10ClN3O. The van der Waals surface area contributed by atoms with Crippen molar-refractivity contribution in [3.63, 3.8) is 0 Å². The van der Waals surface area contributed by atoms with E-state index in [-0.39, 0.29) is 10.7 Å². The second-order valence-corrected chi connectivity index (χ2v) is 4.09. The van der Waals surface area contributed by atoms with Crippen molar-refractivity contribution in [1.29, 1.82) is 0 Å². The normalized spacial score (nSPS) is 17.6. The number of aldehydes is 1. The van der Waals surface area contributed by atoms with E-state index in [0.717, 1.165) is 12.8 Å². The fraction of sp³-hybridized carbons (Fsp3) is 0.444. The summed E-state index contributed by atoms with van der Waals surface area (Å²) in [7, 11) is 0. The van der Waals surface area contributed by atoms with Gasteiger partial charge in [0, 0.05) is 5.54 Å². The van der Waals surface area contributed by atoms with Gasteiger partial charge in [-0.05, 0) is 19.8 Å². The molecule has 1 aliphatic rings. The molecule has 0 unspecified atom stereocenters. The van der Waals surface area contributed by atoms with E-state index in [1.165, 1.54) is 6.33 Å². The molecular weight excluding hydrogens is 202 g/mol. The third kappa shape index (κ3) is 1.70. The van der Waals surface area contributed by atoms with Crippen LogP contribution in [0.5, 0.6) is 0 Å². The zero-order valence-electron chi connectivity index (χ0n) is 7.75. The van der Waals surface area contributed by atoms with Crippen LogP contribution in [0.3, 0.4) is 0 Å². The number of halogens is 1. The maximum atomic E-state index is 10.7. The van der Waals surface area contributed by atoms with Crippen molar-refractivity contribution in [2.45, 2.75) is 25.3 Å². The molecule has 1 N–H and O–H groups in total. The summed E-state index contributed by atoms with van der Waals surface area (Å²) in [6.45, 7) is 2.08. The van der Waals surface area contributed by atoms with Gasteiger partial charge in [0.25, 0.3) is 0 Å². The number of hydrogen-bond acceptors (Lipinski definition) is 4. The number of carbonyl (C=O) groups excluding carboxylic acids is 1. The van der Waals surface area contributed by atoms with Crippen molar-refractivity contribution in [1.82, 2.24) is 9.97 Å². The Hall–Kier alpha value is -1.16. The van der Waals surface area contributed by atoms with Crippen LogP contribution < -0.4 is 5.32 Å². The van der Waals surface area contributed by atoms with Gasteiger partial charge in [0.2, 0.25) is 0 Å². The Kier molecular flexibility index (Phi) is 2.15. The van der Waals surface area contributed by atoms with Gasteiger partial charge in [0.05, 0.1) is 5.56 Å². The molecule has 14 heavy (non-hydrogen) atoms. The topological polar surface area (TPSA) is 54.9 Å². The smallest absolute Gasteiger partial charge is 0.156 e. The molecule has 0 aliphatic heterocycles. The van der Waals surface area contributed by atoms with E-state index in [9.17, 15) is 4.79 Å². The first-order valence-corrected chi connectivity index (χ1v) is 4.76. The van der Waals surface area contributed by atoms with E-state index >= 15 is 0 Å². The molecule has 5 heteroatoms. The number of nitrogens with one attached hydrogen (secondary N) is 1. The molecule has 1 aliphatic carbocycles. The summed E-state index contributed by atoms with van der Waals surface area (Å²) < 4.78 is 0. The van der Waals surface area contributed by atoms with Gasteiger partial charge in [0.1, 0.15) is 17.3 Å². The number of carbonyl (C=O) groups is 1. The Balaban J connectivity index is 2.32. The number of aromatic nitrogens is 2. The zero-order valence-corrected chi connectivity index (χ0v) is 8.51. The summed E-state index contributed by atoms with van der Waals surface area (Å²) in [5.74, 6) is 0.528. The average molecular weight is 212 g/mol. The van der Waals surface area contributed by atoms with E-state index in [4.69, 9.17) is 11.6 Å². The predicted octanol–water partition coefficient (Wildman–Crippen LogP) is 1.91. The Morgan fingerprint density at radius 2 is 2.29 bits per heavy atom. The standard InChI is InChI=1S/C9H10ClN3O/c1-9(2-3-9)13-8-6(4-14)7(10)11-5-12-8/h4-5H,2-3H2,1H3,(H,11,12,13). The van der Waals surface area contributed by atoms with Crippen LogP contribution in [0.1, 0.15) is 30.1 Å². The molecule has 0 amide bonds. The van der Waals surface area contributed by atoms with Crippen LogP contribution in [0.15, 0.2) is 6.33 Å². The molecule has 1 aromatic rings. The van der Waals surface area contributed by atoms with Gasteiger partial charge in [0.15, 0.2) is 6.29 Å². The van der Waals surface area contributed by atoms with E-state index in [1.807, 2.05) is 0 Å². The highest BCUT2D eigenvalue weighted by atomic mass is 35.5. The monoisotopic (exact) mass is 211 g/mol. The van der Waals surface area contributed by atoms with Gasteiger partial charge < -0.3 is 5.32 Å². The molecule has 1 heterocycles. The van der Waals surface area contributed by atoms with Crippen LogP contribution >= 0.6 is 11.6 Å². The second kappa shape index (κ2) is 3.20. The first kappa shape index (κ1) is 9.40. The van der Waals surface area contributed by atoms with Crippen molar-refractivity contribution < 1.29 is 4.79 Å². The highest BCUT2D eigenvalue weighted by Crippen LogP contribution is 2.38. The molecule has 1 aromatic heterocycles. The van der Waals surface area contributed by atoms with Crippen molar-refractivity contribution in [2.75, 3.05) is 5.32 Å². The fourth-order valence-corrected chi connectivity index (χ4v) is 1.35. The Morgan fingerprint density at radius 1 is 1.57 bits per heavy atom. The summed E-state index contributed by atoms with van der Waals surface area (Å²) in [5.41, 5.74) is 0.414. The molecule has 74 valence electrons. The lowest BCUT2D eigenvalue weighted by Gasteiger charge is -2.13. The minimum Gasteiger partial charge on any atom is -0.364 e. The molecule has 1 saturated carbocycles. The van der Waals surface area contributed by atoms with Crippen LogP contribution in [0.25, 0.3) is 0 Å². The molecule has 0 saturated heterocycles. The summed E-state index contributed by atoms with van der Waals surface area (Å²) >= 11 is 5.76. The van der Waals surface area contributed by atoms with Gasteiger partial charge in [-0.3, -0.25) is 4.79 Å². The number of hydrogen-bond donors (Lipinski definition) is 1. The Morgan fingerprint density at radius 3 is 2.86 bits per heavy atom. The average Bonchev–Trinajstić information content (AvgIpc) is 2.84. The molecule has 4 nitrogen and oxygen atoms in total. The van der Waals surface area contributed by atoms with Gasteiger partial charge >= 0.3 is 0 Å². The van der Waals surface area contributed by atoms with Crippen LogP contribution in [0.2, 0.25) is 5.15 Å².